The van der Waals surface area contributed by atoms with Crippen LogP contribution in [-0.2, 0) is 7.05 Å². The van der Waals surface area contributed by atoms with E-state index in [2.05, 4.69) is 15.5 Å². The van der Waals surface area contributed by atoms with E-state index in [4.69, 9.17) is 0 Å². The largest absolute Gasteiger partial charge is 0.349 e. The van der Waals surface area contributed by atoms with E-state index in [-0.39, 0.29) is 5.69 Å². The van der Waals surface area contributed by atoms with Crippen LogP contribution in [0.25, 0.3) is 0 Å². The highest BCUT2D eigenvalue weighted by Crippen LogP contribution is 1.95. The summed E-state index contributed by atoms with van der Waals surface area (Å²) in [7, 11) is 1.64. The lowest BCUT2D eigenvalue weighted by Crippen LogP contribution is -2.19. The molecule has 1 aromatic rings. The zero-order valence-corrected chi connectivity index (χ0v) is 6.98. The van der Waals surface area contributed by atoms with Gasteiger partial charge >= 0.3 is 5.69 Å². The van der Waals surface area contributed by atoms with Crippen LogP contribution >= 0.6 is 0 Å². The Kier molecular flexibility index (Phi) is 2.57. The molecule has 12 heavy (non-hydrogen) atoms. The lowest BCUT2D eigenvalue weighted by molar-refractivity contribution is 0.811. The number of nitrogens with zero attached hydrogens (tertiary/aromatic N) is 3. The van der Waals surface area contributed by atoms with Gasteiger partial charge in [-0.3, -0.25) is 5.43 Å². The minimum absolute atomic E-state index is 0.300. The second kappa shape index (κ2) is 3.66. The summed E-state index contributed by atoms with van der Waals surface area (Å²) in [6.07, 6.45) is 3.21. The number of anilines is 1. The second-order valence-electron chi connectivity index (χ2n) is 2.21. The van der Waals surface area contributed by atoms with Crippen molar-refractivity contribution in [3.8, 4) is 0 Å². The van der Waals surface area contributed by atoms with Crippen LogP contribution in [-0.4, -0.2) is 15.8 Å². The quantitative estimate of drug-likeness (QED) is 0.504. The van der Waals surface area contributed by atoms with Crippen LogP contribution < -0.4 is 11.1 Å². The number of nitrogens with one attached hydrogen (secondary N) is 1. The van der Waals surface area contributed by atoms with Gasteiger partial charge in [0.05, 0.1) is 0 Å². The molecule has 0 aliphatic heterocycles. The van der Waals surface area contributed by atoms with Gasteiger partial charge in [-0.05, 0) is 13.0 Å². The van der Waals surface area contributed by atoms with Gasteiger partial charge in [-0.1, -0.05) is 0 Å². The van der Waals surface area contributed by atoms with Gasteiger partial charge in [0, 0.05) is 19.5 Å². The number of aromatic nitrogens is 2. The molecule has 1 aromatic heterocycles. The molecule has 0 saturated carbocycles. The van der Waals surface area contributed by atoms with Gasteiger partial charge in [-0.2, -0.15) is 10.1 Å². The maximum atomic E-state index is 11.0. The Morgan fingerprint density at radius 3 is 3.08 bits per heavy atom. The van der Waals surface area contributed by atoms with E-state index in [9.17, 15) is 4.79 Å². The number of rotatable bonds is 2. The van der Waals surface area contributed by atoms with E-state index in [1.165, 1.54) is 4.57 Å². The van der Waals surface area contributed by atoms with E-state index >= 15 is 0 Å². The molecule has 1 heterocycles. The molecule has 0 aromatic carbocycles. The highest BCUT2D eigenvalue weighted by Gasteiger charge is 1.93. The molecule has 0 radical (unpaired) electrons. The molecule has 0 unspecified atom stereocenters. The van der Waals surface area contributed by atoms with Gasteiger partial charge in [0.15, 0.2) is 5.82 Å². The Hall–Kier alpha value is -1.65. The zero-order valence-electron chi connectivity index (χ0n) is 6.98. The molecule has 0 spiro atoms. The van der Waals surface area contributed by atoms with Gasteiger partial charge in [-0.15, -0.1) is 0 Å². The first-order chi connectivity index (χ1) is 5.74. The van der Waals surface area contributed by atoms with Gasteiger partial charge in [-0.25, -0.2) is 4.79 Å². The standard InChI is InChI=1S/C7H10N4O/c1-3-8-10-6-4-5-11(2)7(12)9-6/h3-5H,1-2H3,(H,9,10,12). The van der Waals surface area contributed by atoms with Crippen molar-refractivity contribution in [1.82, 2.24) is 9.55 Å². The van der Waals surface area contributed by atoms with E-state index < -0.39 is 0 Å². The molecule has 0 amide bonds. The zero-order chi connectivity index (χ0) is 8.97. The highest BCUT2D eigenvalue weighted by molar-refractivity contribution is 5.55. The molecule has 5 nitrogen and oxygen atoms in total. The maximum absolute atomic E-state index is 11.0. The minimum Gasteiger partial charge on any atom is -0.302 e. The Morgan fingerprint density at radius 2 is 2.50 bits per heavy atom. The van der Waals surface area contributed by atoms with Crippen molar-refractivity contribution in [2.24, 2.45) is 12.1 Å². The third kappa shape index (κ3) is 1.91. The summed E-state index contributed by atoms with van der Waals surface area (Å²) in [6.45, 7) is 1.77. The van der Waals surface area contributed by atoms with Crippen molar-refractivity contribution < 1.29 is 0 Å². The Labute approximate surface area is 69.8 Å². The van der Waals surface area contributed by atoms with Crippen molar-refractivity contribution in [2.45, 2.75) is 6.92 Å². The average molecular weight is 166 g/mol. The summed E-state index contributed by atoms with van der Waals surface area (Å²) >= 11 is 0. The van der Waals surface area contributed by atoms with Crippen LogP contribution in [0.2, 0.25) is 0 Å². The predicted octanol–water partition coefficient (Wildman–Crippen LogP) is 0.198. The summed E-state index contributed by atoms with van der Waals surface area (Å²) < 4.78 is 1.39. The van der Waals surface area contributed by atoms with E-state index in [1.807, 2.05) is 0 Å². The molecule has 0 atom stereocenters. The third-order valence-electron chi connectivity index (χ3n) is 1.28. The predicted molar refractivity (Wildman–Crippen MR) is 47.3 cm³/mol. The lowest BCUT2D eigenvalue weighted by atomic mass is 10.6. The number of hydrogen-bond donors (Lipinski definition) is 1. The normalized spacial score (nSPS) is 10.5. The molecular weight excluding hydrogens is 156 g/mol. The molecular formula is C7H10N4O. The summed E-state index contributed by atoms with van der Waals surface area (Å²) in [5.74, 6) is 0.455. The Morgan fingerprint density at radius 1 is 1.75 bits per heavy atom. The fraction of sp³-hybridized carbons (Fsp3) is 0.286. The van der Waals surface area contributed by atoms with Gasteiger partial charge in [0.25, 0.3) is 0 Å². The number of hydrazone groups is 1. The fourth-order valence-electron chi connectivity index (χ4n) is 0.658. The molecule has 0 aliphatic carbocycles. The van der Waals surface area contributed by atoms with Crippen LogP contribution in [0.5, 0.6) is 0 Å². The highest BCUT2D eigenvalue weighted by atomic mass is 16.1. The molecule has 0 fully saturated rings. The Balaban J connectivity index is 2.90. The van der Waals surface area contributed by atoms with Crippen LogP contribution in [0.1, 0.15) is 6.92 Å². The van der Waals surface area contributed by atoms with Crippen LogP contribution in [0.15, 0.2) is 22.2 Å². The SMILES string of the molecule is CC=NNc1ccn(C)c(=O)n1. The molecule has 1 N–H and O–H groups in total. The monoisotopic (exact) mass is 166 g/mol. The topological polar surface area (TPSA) is 59.3 Å². The summed E-state index contributed by atoms with van der Waals surface area (Å²) in [5.41, 5.74) is 2.31. The molecule has 0 aliphatic rings. The van der Waals surface area contributed by atoms with Gasteiger partial charge in [0.1, 0.15) is 0 Å². The summed E-state index contributed by atoms with van der Waals surface area (Å²) in [4.78, 5) is 14.7. The van der Waals surface area contributed by atoms with Crippen molar-refractivity contribution >= 4 is 12.0 Å². The third-order valence-corrected chi connectivity index (χ3v) is 1.28. The lowest BCUT2D eigenvalue weighted by Gasteiger charge is -1.98. The summed E-state index contributed by atoms with van der Waals surface area (Å²) in [6, 6.07) is 1.68. The van der Waals surface area contributed by atoms with Gasteiger partial charge < -0.3 is 4.57 Å². The van der Waals surface area contributed by atoms with E-state index in [0.717, 1.165) is 0 Å². The molecule has 0 bridgehead atoms. The summed E-state index contributed by atoms with van der Waals surface area (Å²) in [5, 5.41) is 3.73. The Bertz CT molecular complexity index is 342. The number of hydrogen-bond acceptors (Lipinski definition) is 4. The molecule has 64 valence electrons. The smallest absolute Gasteiger partial charge is 0.302 e. The number of aryl methyl sites for hydroxylation is 1. The molecule has 0 saturated heterocycles. The van der Waals surface area contributed by atoms with E-state index in [1.54, 1.807) is 32.4 Å². The first-order valence-corrected chi connectivity index (χ1v) is 3.51. The van der Waals surface area contributed by atoms with E-state index in [0.29, 0.717) is 5.82 Å². The van der Waals surface area contributed by atoms with Gasteiger partial charge in [0.2, 0.25) is 0 Å². The van der Waals surface area contributed by atoms with Crippen molar-refractivity contribution in [3.63, 3.8) is 0 Å². The molecule has 5 heteroatoms. The fourth-order valence-corrected chi connectivity index (χ4v) is 0.658. The van der Waals surface area contributed by atoms with Crippen LogP contribution in [0.4, 0.5) is 5.82 Å². The molecule has 1 rings (SSSR count). The van der Waals surface area contributed by atoms with Crippen LogP contribution in [0.3, 0.4) is 0 Å². The maximum Gasteiger partial charge on any atom is 0.349 e. The minimum atomic E-state index is -0.300. The average Bonchev–Trinajstić information content (AvgIpc) is 2.07. The first-order valence-electron chi connectivity index (χ1n) is 3.51. The van der Waals surface area contributed by atoms with Crippen molar-refractivity contribution in [1.29, 1.82) is 0 Å². The second-order valence-corrected chi connectivity index (χ2v) is 2.21. The van der Waals surface area contributed by atoms with Crippen molar-refractivity contribution in [3.05, 3.63) is 22.7 Å². The van der Waals surface area contributed by atoms with Crippen molar-refractivity contribution in [2.75, 3.05) is 5.43 Å². The van der Waals surface area contributed by atoms with Crippen LogP contribution in [0, 0.1) is 0 Å². The first kappa shape index (κ1) is 8.45.